The summed E-state index contributed by atoms with van der Waals surface area (Å²) in [5.41, 5.74) is 0.900. The molecule has 20 heavy (non-hydrogen) atoms. The number of hydrogen-bond donors (Lipinski definition) is 2. The number of carbonyl (C=O) groups excluding carboxylic acids is 1. The molecular formula is C16H25N3O. The van der Waals surface area contributed by atoms with Crippen LogP contribution in [0.2, 0.25) is 0 Å². The fraction of sp³-hybridized carbons (Fsp3) is 0.688. The molecule has 2 fully saturated rings. The van der Waals surface area contributed by atoms with Crippen molar-refractivity contribution in [1.29, 1.82) is 0 Å². The molecule has 1 saturated heterocycles. The van der Waals surface area contributed by atoms with Gasteiger partial charge in [-0.1, -0.05) is 6.92 Å². The predicted octanol–water partition coefficient (Wildman–Crippen LogP) is 2.48. The zero-order valence-corrected chi connectivity index (χ0v) is 12.3. The third-order valence-electron chi connectivity index (χ3n) is 5.08. The average Bonchev–Trinajstić information content (AvgIpc) is 2.93. The second kappa shape index (κ2) is 5.60. The lowest BCUT2D eigenvalue weighted by Crippen LogP contribution is -2.53. The number of nitrogens with one attached hydrogen (secondary N) is 2. The summed E-state index contributed by atoms with van der Waals surface area (Å²) in [7, 11) is 0. The van der Waals surface area contributed by atoms with Crippen molar-refractivity contribution < 1.29 is 4.79 Å². The van der Waals surface area contributed by atoms with Crippen LogP contribution in [-0.2, 0) is 0 Å². The second-order valence-corrected chi connectivity index (χ2v) is 6.22. The van der Waals surface area contributed by atoms with Gasteiger partial charge >= 0.3 is 0 Å². The molecule has 110 valence electrons. The van der Waals surface area contributed by atoms with Crippen LogP contribution in [-0.4, -0.2) is 29.1 Å². The molecule has 0 spiro atoms. The van der Waals surface area contributed by atoms with Gasteiger partial charge in [-0.3, -0.25) is 4.79 Å². The van der Waals surface area contributed by atoms with Crippen LogP contribution >= 0.6 is 0 Å². The van der Waals surface area contributed by atoms with Crippen LogP contribution in [0.3, 0.4) is 0 Å². The van der Waals surface area contributed by atoms with E-state index >= 15 is 0 Å². The van der Waals surface area contributed by atoms with Crippen molar-refractivity contribution in [3.05, 3.63) is 24.0 Å². The van der Waals surface area contributed by atoms with E-state index in [1.165, 1.54) is 6.42 Å². The molecule has 2 heterocycles. The fourth-order valence-corrected chi connectivity index (χ4v) is 3.46. The molecule has 1 aromatic heterocycles. The van der Waals surface area contributed by atoms with E-state index in [9.17, 15) is 4.79 Å². The summed E-state index contributed by atoms with van der Waals surface area (Å²) >= 11 is 0. The van der Waals surface area contributed by atoms with Crippen molar-refractivity contribution in [2.75, 3.05) is 13.1 Å². The molecule has 0 unspecified atom stereocenters. The van der Waals surface area contributed by atoms with Gasteiger partial charge in [0.15, 0.2) is 0 Å². The van der Waals surface area contributed by atoms with Gasteiger partial charge in [-0.05, 0) is 63.7 Å². The summed E-state index contributed by atoms with van der Waals surface area (Å²) in [6.07, 6.45) is 8.80. The second-order valence-electron chi connectivity index (χ2n) is 6.22. The zero-order chi connectivity index (χ0) is 14.0. The molecule has 2 aliphatic rings. The minimum atomic E-state index is 0.0697. The Kier molecular flexibility index (Phi) is 3.83. The molecule has 0 radical (unpaired) electrons. The first-order valence-electron chi connectivity index (χ1n) is 7.94. The lowest BCUT2D eigenvalue weighted by Gasteiger charge is -2.42. The van der Waals surface area contributed by atoms with Gasteiger partial charge in [-0.2, -0.15) is 0 Å². The lowest BCUT2D eigenvalue weighted by molar-refractivity contribution is 0.0807. The van der Waals surface area contributed by atoms with E-state index < -0.39 is 0 Å². The largest absolute Gasteiger partial charge is 0.345 e. The molecule has 3 rings (SSSR count). The Bertz CT molecular complexity index is 464. The first-order chi connectivity index (χ1) is 9.74. The standard InChI is InChI=1S/C16H25N3O/c1-2-16(8-4-9-16)18-15(20)14-5-3-12-19(14)13-6-10-17-11-7-13/h3,5,12-13,17H,2,4,6-11H2,1H3,(H,18,20). The molecule has 1 aliphatic heterocycles. The summed E-state index contributed by atoms with van der Waals surface area (Å²) in [6, 6.07) is 4.42. The normalized spacial score (nSPS) is 22.2. The van der Waals surface area contributed by atoms with Crippen LogP contribution in [0.1, 0.15) is 62.0 Å². The zero-order valence-electron chi connectivity index (χ0n) is 12.3. The van der Waals surface area contributed by atoms with E-state index in [0.717, 1.165) is 50.9 Å². The van der Waals surface area contributed by atoms with E-state index in [-0.39, 0.29) is 11.4 Å². The van der Waals surface area contributed by atoms with Crippen LogP contribution in [0.25, 0.3) is 0 Å². The van der Waals surface area contributed by atoms with Crippen LogP contribution in [0.5, 0.6) is 0 Å². The SMILES string of the molecule is CCC1(NC(=O)c2cccn2C2CCNCC2)CCC1. The van der Waals surface area contributed by atoms with Gasteiger partial charge in [-0.15, -0.1) is 0 Å². The van der Waals surface area contributed by atoms with E-state index in [4.69, 9.17) is 0 Å². The Hall–Kier alpha value is -1.29. The number of amides is 1. The van der Waals surface area contributed by atoms with Crippen molar-refractivity contribution in [3.63, 3.8) is 0 Å². The summed E-state index contributed by atoms with van der Waals surface area (Å²) in [4.78, 5) is 12.6. The van der Waals surface area contributed by atoms with Gasteiger partial charge in [0.2, 0.25) is 0 Å². The third-order valence-corrected chi connectivity index (χ3v) is 5.08. The predicted molar refractivity (Wildman–Crippen MR) is 79.9 cm³/mol. The summed E-state index contributed by atoms with van der Waals surface area (Å²) in [6.45, 7) is 4.26. The minimum Gasteiger partial charge on any atom is -0.345 e. The summed E-state index contributed by atoms with van der Waals surface area (Å²) < 4.78 is 2.18. The molecular weight excluding hydrogens is 250 g/mol. The molecule has 1 saturated carbocycles. The first-order valence-corrected chi connectivity index (χ1v) is 7.94. The summed E-state index contributed by atoms with van der Waals surface area (Å²) in [5, 5.41) is 6.66. The maximum absolute atomic E-state index is 12.6. The van der Waals surface area contributed by atoms with Crippen LogP contribution < -0.4 is 10.6 Å². The highest BCUT2D eigenvalue weighted by Crippen LogP contribution is 2.35. The van der Waals surface area contributed by atoms with Gasteiger partial charge in [0.25, 0.3) is 5.91 Å². The Balaban J connectivity index is 1.73. The van der Waals surface area contributed by atoms with Crippen molar-refractivity contribution >= 4 is 5.91 Å². The number of aromatic nitrogens is 1. The van der Waals surface area contributed by atoms with Crippen LogP contribution in [0, 0.1) is 0 Å². The number of carbonyl (C=O) groups is 1. The highest BCUT2D eigenvalue weighted by Gasteiger charge is 2.37. The van der Waals surface area contributed by atoms with E-state index in [1.807, 2.05) is 12.1 Å². The first kappa shape index (κ1) is 13.7. The molecule has 0 aromatic carbocycles. The molecule has 1 amide bonds. The molecule has 4 nitrogen and oxygen atoms in total. The van der Waals surface area contributed by atoms with Gasteiger partial charge < -0.3 is 15.2 Å². The van der Waals surface area contributed by atoms with E-state index in [2.05, 4.69) is 28.3 Å². The van der Waals surface area contributed by atoms with Gasteiger partial charge in [0, 0.05) is 17.8 Å². The Morgan fingerprint density at radius 3 is 2.80 bits per heavy atom. The Morgan fingerprint density at radius 1 is 1.45 bits per heavy atom. The maximum Gasteiger partial charge on any atom is 0.268 e. The number of piperidine rings is 1. The highest BCUT2D eigenvalue weighted by molar-refractivity contribution is 5.93. The number of rotatable bonds is 4. The molecule has 2 N–H and O–H groups in total. The molecule has 1 aliphatic carbocycles. The minimum absolute atomic E-state index is 0.0697. The average molecular weight is 275 g/mol. The highest BCUT2D eigenvalue weighted by atomic mass is 16.2. The van der Waals surface area contributed by atoms with Gasteiger partial charge in [0.05, 0.1) is 0 Å². The fourth-order valence-electron chi connectivity index (χ4n) is 3.46. The molecule has 4 heteroatoms. The topological polar surface area (TPSA) is 46.1 Å². The van der Waals surface area contributed by atoms with Crippen molar-refractivity contribution in [2.24, 2.45) is 0 Å². The smallest absolute Gasteiger partial charge is 0.268 e. The molecule has 1 aromatic rings. The van der Waals surface area contributed by atoms with Crippen LogP contribution in [0.15, 0.2) is 18.3 Å². The van der Waals surface area contributed by atoms with Crippen LogP contribution in [0.4, 0.5) is 0 Å². The molecule has 0 bridgehead atoms. The Morgan fingerprint density at radius 2 is 2.20 bits per heavy atom. The quantitative estimate of drug-likeness (QED) is 0.886. The maximum atomic E-state index is 12.6. The summed E-state index contributed by atoms with van der Waals surface area (Å²) in [5.74, 6) is 0.107. The van der Waals surface area contributed by atoms with Crippen molar-refractivity contribution in [2.45, 2.75) is 57.0 Å². The van der Waals surface area contributed by atoms with Crippen molar-refractivity contribution in [3.8, 4) is 0 Å². The number of nitrogens with zero attached hydrogens (tertiary/aromatic N) is 1. The third kappa shape index (κ3) is 2.49. The monoisotopic (exact) mass is 275 g/mol. The van der Waals surface area contributed by atoms with E-state index in [1.54, 1.807) is 0 Å². The lowest BCUT2D eigenvalue weighted by atomic mass is 9.75. The van der Waals surface area contributed by atoms with Crippen molar-refractivity contribution in [1.82, 2.24) is 15.2 Å². The van der Waals surface area contributed by atoms with Gasteiger partial charge in [0.1, 0.15) is 5.69 Å². The molecule has 0 atom stereocenters. The van der Waals surface area contributed by atoms with E-state index in [0.29, 0.717) is 6.04 Å². The number of hydrogen-bond acceptors (Lipinski definition) is 2. The Labute approximate surface area is 120 Å². The van der Waals surface area contributed by atoms with Gasteiger partial charge in [-0.25, -0.2) is 0 Å².